The molecule has 3 rings (SSSR count). The Kier molecular flexibility index (Phi) is 8.64. The first-order valence-electron chi connectivity index (χ1n) is 12.0. The molecule has 0 spiro atoms. The molecule has 0 bridgehead atoms. The minimum atomic E-state index is -1.16. The SMILES string of the molecule is CCN(C)CC(Cc1ccccc1)(C(N)=O)C(C(N)=O)c1ccccc1CCN1CCCC1. The molecule has 4 N–H and O–H groups in total. The lowest BCUT2D eigenvalue weighted by Crippen LogP contribution is -2.54. The lowest BCUT2D eigenvalue weighted by molar-refractivity contribution is -0.136. The third-order valence-electron chi connectivity index (χ3n) is 7.04. The average Bonchev–Trinajstić information content (AvgIpc) is 3.32. The van der Waals surface area contributed by atoms with E-state index >= 15 is 0 Å². The molecule has 6 nitrogen and oxygen atoms in total. The Morgan fingerprint density at radius 3 is 2.27 bits per heavy atom. The third-order valence-corrected chi connectivity index (χ3v) is 7.04. The van der Waals surface area contributed by atoms with Gasteiger partial charge in [0.05, 0.1) is 11.3 Å². The van der Waals surface area contributed by atoms with Crippen molar-refractivity contribution in [2.75, 3.05) is 39.8 Å². The van der Waals surface area contributed by atoms with Crippen LogP contribution >= 0.6 is 0 Å². The number of hydrogen-bond acceptors (Lipinski definition) is 4. The standard InChI is InChI=1S/C27H38N4O2/c1-3-30(2)20-27(26(29)33,19-21-11-5-4-6-12-21)24(25(28)32)23-14-8-7-13-22(23)15-18-31-16-9-10-17-31/h4-8,11-14,24H,3,9-10,15-20H2,1-2H3,(H2,28,32)(H2,29,33). The monoisotopic (exact) mass is 450 g/mol. The number of benzene rings is 2. The largest absolute Gasteiger partial charge is 0.369 e. The fourth-order valence-corrected chi connectivity index (χ4v) is 5.16. The zero-order valence-corrected chi connectivity index (χ0v) is 20.0. The molecule has 2 unspecified atom stereocenters. The molecule has 1 aliphatic heterocycles. The van der Waals surface area contributed by atoms with E-state index in [1.807, 2.05) is 67.4 Å². The number of nitrogens with zero attached hydrogens (tertiary/aromatic N) is 2. The second-order valence-electron chi connectivity index (χ2n) is 9.35. The van der Waals surface area contributed by atoms with Crippen LogP contribution in [0.4, 0.5) is 0 Å². The van der Waals surface area contributed by atoms with Crippen LogP contribution in [0.1, 0.15) is 42.4 Å². The fraction of sp³-hybridized carbons (Fsp3) is 0.481. The van der Waals surface area contributed by atoms with Crippen LogP contribution in [0.3, 0.4) is 0 Å². The summed E-state index contributed by atoms with van der Waals surface area (Å²) in [5, 5.41) is 0. The van der Waals surface area contributed by atoms with Gasteiger partial charge in [-0.1, -0.05) is 61.5 Å². The number of hydrogen-bond donors (Lipinski definition) is 2. The number of rotatable bonds is 12. The van der Waals surface area contributed by atoms with Gasteiger partial charge in [0.15, 0.2) is 0 Å². The van der Waals surface area contributed by atoms with Crippen molar-refractivity contribution in [1.29, 1.82) is 0 Å². The topological polar surface area (TPSA) is 92.7 Å². The fourth-order valence-electron chi connectivity index (χ4n) is 5.16. The first kappa shape index (κ1) is 24.9. The Bertz CT molecular complexity index is 927. The Balaban J connectivity index is 2.07. The lowest BCUT2D eigenvalue weighted by Gasteiger charge is -2.40. The summed E-state index contributed by atoms with van der Waals surface area (Å²) in [6, 6.07) is 17.7. The van der Waals surface area contributed by atoms with Crippen LogP contribution in [0.5, 0.6) is 0 Å². The highest BCUT2D eigenvalue weighted by atomic mass is 16.2. The van der Waals surface area contributed by atoms with Crippen LogP contribution in [0.2, 0.25) is 0 Å². The molecule has 1 fully saturated rings. The lowest BCUT2D eigenvalue weighted by atomic mass is 9.66. The Morgan fingerprint density at radius 2 is 1.67 bits per heavy atom. The van der Waals surface area contributed by atoms with Crippen molar-refractivity contribution in [3.8, 4) is 0 Å². The van der Waals surface area contributed by atoms with Gasteiger partial charge in [-0.2, -0.15) is 0 Å². The van der Waals surface area contributed by atoms with E-state index in [1.165, 1.54) is 12.8 Å². The summed E-state index contributed by atoms with van der Waals surface area (Å²) in [5.74, 6) is -1.83. The molecule has 2 amide bonds. The van der Waals surface area contributed by atoms with Gasteiger partial charge in [-0.15, -0.1) is 0 Å². The molecule has 2 aromatic rings. The van der Waals surface area contributed by atoms with Crippen LogP contribution in [0.15, 0.2) is 54.6 Å². The average molecular weight is 451 g/mol. The van der Waals surface area contributed by atoms with Crippen molar-refractivity contribution >= 4 is 11.8 Å². The number of carbonyl (C=O) groups is 2. The van der Waals surface area contributed by atoms with Crippen molar-refractivity contribution in [2.45, 2.75) is 38.5 Å². The summed E-state index contributed by atoms with van der Waals surface area (Å²) >= 11 is 0. The van der Waals surface area contributed by atoms with Gasteiger partial charge >= 0.3 is 0 Å². The summed E-state index contributed by atoms with van der Waals surface area (Å²) in [7, 11) is 1.94. The van der Waals surface area contributed by atoms with Crippen LogP contribution in [0, 0.1) is 5.41 Å². The second kappa shape index (κ2) is 11.4. The molecule has 6 heteroatoms. The highest BCUT2D eigenvalue weighted by molar-refractivity contribution is 5.93. The summed E-state index contributed by atoms with van der Waals surface area (Å²) in [5.41, 5.74) is 13.9. The Morgan fingerprint density at radius 1 is 1.03 bits per heavy atom. The predicted octanol–water partition coefficient (Wildman–Crippen LogP) is 2.56. The smallest absolute Gasteiger partial charge is 0.226 e. The number of amides is 2. The molecule has 2 atom stereocenters. The first-order valence-corrected chi connectivity index (χ1v) is 12.0. The van der Waals surface area contributed by atoms with Crippen LogP contribution in [0.25, 0.3) is 0 Å². The maximum atomic E-state index is 13.3. The molecule has 0 radical (unpaired) electrons. The maximum Gasteiger partial charge on any atom is 0.226 e. The number of carbonyl (C=O) groups excluding carboxylic acids is 2. The molecule has 2 aromatic carbocycles. The molecule has 178 valence electrons. The zero-order chi connectivity index (χ0) is 23.8. The van der Waals surface area contributed by atoms with Gasteiger partial charge in [-0.25, -0.2) is 0 Å². The quantitative estimate of drug-likeness (QED) is 0.520. The second-order valence-corrected chi connectivity index (χ2v) is 9.35. The molecule has 0 aliphatic carbocycles. The van der Waals surface area contributed by atoms with Gasteiger partial charge in [-0.3, -0.25) is 9.59 Å². The molecule has 1 saturated heterocycles. The van der Waals surface area contributed by atoms with E-state index in [2.05, 4.69) is 11.0 Å². The molecule has 33 heavy (non-hydrogen) atoms. The highest BCUT2D eigenvalue weighted by Crippen LogP contribution is 2.41. The van der Waals surface area contributed by atoms with Crippen molar-refractivity contribution in [3.05, 3.63) is 71.3 Å². The molecule has 0 saturated carbocycles. The van der Waals surface area contributed by atoms with E-state index in [4.69, 9.17) is 11.5 Å². The summed E-state index contributed by atoms with van der Waals surface area (Å²) < 4.78 is 0. The minimum absolute atomic E-state index is 0.349. The van der Waals surface area contributed by atoms with Crippen LogP contribution < -0.4 is 11.5 Å². The van der Waals surface area contributed by atoms with E-state index in [0.29, 0.717) is 13.0 Å². The summed E-state index contributed by atoms with van der Waals surface area (Å²) in [6.07, 6.45) is 3.62. The van der Waals surface area contributed by atoms with Gasteiger partial charge in [0.2, 0.25) is 11.8 Å². The normalized spacial score (nSPS) is 17.1. The van der Waals surface area contributed by atoms with Gasteiger partial charge < -0.3 is 21.3 Å². The van der Waals surface area contributed by atoms with E-state index in [-0.39, 0.29) is 0 Å². The van der Waals surface area contributed by atoms with E-state index < -0.39 is 23.1 Å². The highest BCUT2D eigenvalue weighted by Gasteiger charge is 2.49. The summed E-state index contributed by atoms with van der Waals surface area (Å²) in [4.78, 5) is 30.9. The zero-order valence-electron chi connectivity index (χ0n) is 20.0. The third kappa shape index (κ3) is 6.01. The van der Waals surface area contributed by atoms with E-state index in [9.17, 15) is 9.59 Å². The molecule has 1 heterocycles. The van der Waals surface area contributed by atoms with E-state index in [1.54, 1.807) is 0 Å². The van der Waals surface area contributed by atoms with Gasteiger partial charge in [0.25, 0.3) is 0 Å². The van der Waals surface area contributed by atoms with Crippen molar-refractivity contribution in [3.63, 3.8) is 0 Å². The molecule has 0 aromatic heterocycles. The van der Waals surface area contributed by atoms with Crippen LogP contribution in [-0.4, -0.2) is 61.4 Å². The maximum absolute atomic E-state index is 13.3. The predicted molar refractivity (Wildman–Crippen MR) is 133 cm³/mol. The number of primary amides is 2. The first-order chi connectivity index (χ1) is 15.9. The summed E-state index contributed by atoms with van der Waals surface area (Å²) in [6.45, 7) is 6.26. The Labute approximate surface area is 197 Å². The van der Waals surface area contributed by atoms with Crippen molar-refractivity contribution < 1.29 is 9.59 Å². The van der Waals surface area contributed by atoms with E-state index in [0.717, 1.165) is 49.3 Å². The minimum Gasteiger partial charge on any atom is -0.369 e. The van der Waals surface area contributed by atoms with Gasteiger partial charge in [0, 0.05) is 13.1 Å². The van der Waals surface area contributed by atoms with Gasteiger partial charge in [-0.05, 0) is 69.1 Å². The molecular weight excluding hydrogens is 412 g/mol. The number of nitrogens with two attached hydrogens (primary N) is 2. The van der Waals surface area contributed by atoms with Crippen molar-refractivity contribution in [1.82, 2.24) is 9.80 Å². The van der Waals surface area contributed by atoms with Crippen molar-refractivity contribution in [2.24, 2.45) is 16.9 Å². The number of likely N-dealkylation sites (tertiary alicyclic amines) is 1. The molecular formula is C27H38N4O2. The van der Waals surface area contributed by atoms with Crippen LogP contribution in [-0.2, 0) is 22.4 Å². The Hall–Kier alpha value is -2.70. The molecule has 1 aliphatic rings. The van der Waals surface area contributed by atoms with Gasteiger partial charge in [0.1, 0.15) is 0 Å².